The van der Waals surface area contributed by atoms with E-state index in [0.717, 1.165) is 4.90 Å². The molecule has 2 aromatic carbocycles. The third kappa shape index (κ3) is 4.04. The second-order valence-electron chi connectivity index (χ2n) is 7.43. The van der Waals surface area contributed by atoms with E-state index in [2.05, 4.69) is 4.90 Å². The number of benzene rings is 2. The summed E-state index contributed by atoms with van der Waals surface area (Å²) in [6.45, 7) is 3.09. The number of carbonyl (C=O) groups excluding carboxylic acids is 2. The molecular formula is C23H24FN3O4. The number of anilines is 1. The van der Waals surface area contributed by atoms with Crippen LogP contribution in [0.4, 0.5) is 10.1 Å². The standard InChI is InChI=1S/C23H24FN3O4/c1-31-19-8-6-18(7-9-19)27-22(29)20(16-2-4-17(24)5-3-16)21(23(27)30)26-12-10-25(11-13-26)14-15-28/h2-9,28H,10-15H2,1H3. The Morgan fingerprint density at radius 1 is 0.935 bits per heavy atom. The SMILES string of the molecule is COc1ccc(N2C(=O)C(c3ccc(F)cc3)=C(N3CCN(CCO)CC3)C2=O)cc1. The molecule has 0 aromatic heterocycles. The van der Waals surface area contributed by atoms with Crippen LogP contribution < -0.4 is 9.64 Å². The maximum atomic E-state index is 13.5. The molecular weight excluding hydrogens is 401 g/mol. The number of carbonyl (C=O) groups is 2. The quantitative estimate of drug-likeness (QED) is 0.711. The molecule has 0 radical (unpaired) electrons. The molecule has 4 rings (SSSR count). The van der Waals surface area contributed by atoms with Gasteiger partial charge in [-0.05, 0) is 42.0 Å². The van der Waals surface area contributed by atoms with Gasteiger partial charge >= 0.3 is 0 Å². The molecule has 2 amide bonds. The molecule has 2 aliphatic rings. The summed E-state index contributed by atoms with van der Waals surface area (Å²) >= 11 is 0. The van der Waals surface area contributed by atoms with Crippen molar-refractivity contribution in [1.29, 1.82) is 0 Å². The fraction of sp³-hybridized carbons (Fsp3) is 0.304. The van der Waals surface area contributed by atoms with Gasteiger partial charge in [0.1, 0.15) is 17.3 Å². The number of hydrogen-bond donors (Lipinski definition) is 1. The number of halogens is 1. The predicted octanol–water partition coefficient (Wildman–Crippen LogP) is 1.73. The number of β-amino-alcohol motifs (C(OH)–C–C–N with tert-alkyl or cyclic N) is 1. The minimum Gasteiger partial charge on any atom is -0.497 e. The molecule has 0 spiro atoms. The molecule has 0 saturated carbocycles. The second kappa shape index (κ2) is 8.87. The van der Waals surface area contributed by atoms with Crippen molar-refractivity contribution >= 4 is 23.1 Å². The Morgan fingerprint density at radius 3 is 2.16 bits per heavy atom. The van der Waals surface area contributed by atoms with Crippen LogP contribution >= 0.6 is 0 Å². The van der Waals surface area contributed by atoms with Crippen molar-refractivity contribution in [2.24, 2.45) is 0 Å². The van der Waals surface area contributed by atoms with Gasteiger partial charge in [0.15, 0.2) is 0 Å². The van der Waals surface area contributed by atoms with Gasteiger partial charge in [-0.1, -0.05) is 12.1 Å². The highest BCUT2D eigenvalue weighted by Gasteiger charge is 2.43. The summed E-state index contributed by atoms with van der Waals surface area (Å²) < 4.78 is 18.7. The van der Waals surface area contributed by atoms with Crippen LogP contribution in [0.5, 0.6) is 5.75 Å². The first-order valence-corrected chi connectivity index (χ1v) is 10.1. The number of methoxy groups -OCH3 is 1. The smallest absolute Gasteiger partial charge is 0.282 e. The lowest BCUT2D eigenvalue weighted by Gasteiger charge is -2.36. The van der Waals surface area contributed by atoms with E-state index in [4.69, 9.17) is 4.74 Å². The van der Waals surface area contributed by atoms with Gasteiger partial charge in [-0.15, -0.1) is 0 Å². The number of aliphatic hydroxyl groups is 1. The van der Waals surface area contributed by atoms with E-state index in [0.29, 0.717) is 55.4 Å². The first-order valence-electron chi connectivity index (χ1n) is 10.1. The molecule has 2 aromatic rings. The predicted molar refractivity (Wildman–Crippen MR) is 114 cm³/mol. The van der Waals surface area contributed by atoms with E-state index < -0.39 is 17.6 Å². The summed E-state index contributed by atoms with van der Waals surface area (Å²) in [5.41, 5.74) is 1.56. The summed E-state index contributed by atoms with van der Waals surface area (Å²) in [7, 11) is 1.55. The van der Waals surface area contributed by atoms with E-state index in [1.165, 1.54) is 24.3 Å². The van der Waals surface area contributed by atoms with E-state index in [1.54, 1.807) is 31.4 Å². The minimum absolute atomic E-state index is 0.0756. The summed E-state index contributed by atoms with van der Waals surface area (Å²) in [5, 5.41) is 9.17. The highest BCUT2D eigenvalue weighted by Crippen LogP contribution is 2.35. The Hall–Kier alpha value is -3.23. The van der Waals surface area contributed by atoms with Gasteiger partial charge in [0.25, 0.3) is 11.8 Å². The number of ether oxygens (including phenoxy) is 1. The van der Waals surface area contributed by atoms with Crippen LogP contribution in [0, 0.1) is 5.82 Å². The Morgan fingerprint density at radius 2 is 1.58 bits per heavy atom. The molecule has 0 unspecified atom stereocenters. The van der Waals surface area contributed by atoms with Crippen molar-refractivity contribution in [1.82, 2.24) is 9.80 Å². The van der Waals surface area contributed by atoms with Crippen molar-refractivity contribution in [2.75, 3.05) is 51.3 Å². The minimum atomic E-state index is -0.436. The summed E-state index contributed by atoms with van der Waals surface area (Å²) in [5.74, 6) is -0.623. The fourth-order valence-corrected chi connectivity index (χ4v) is 3.99. The van der Waals surface area contributed by atoms with Crippen LogP contribution in [0.25, 0.3) is 5.57 Å². The van der Waals surface area contributed by atoms with Crippen LogP contribution in [0.3, 0.4) is 0 Å². The van der Waals surface area contributed by atoms with Crippen molar-refractivity contribution in [3.63, 3.8) is 0 Å². The van der Waals surface area contributed by atoms with Crippen LogP contribution in [0.1, 0.15) is 5.56 Å². The average molecular weight is 425 g/mol. The second-order valence-corrected chi connectivity index (χ2v) is 7.43. The van der Waals surface area contributed by atoms with Gasteiger partial charge in [-0.25, -0.2) is 9.29 Å². The number of amides is 2. The molecule has 2 aliphatic heterocycles. The molecule has 2 heterocycles. The summed E-state index contributed by atoms with van der Waals surface area (Å²) in [6.07, 6.45) is 0. The highest BCUT2D eigenvalue weighted by molar-refractivity contribution is 6.45. The maximum absolute atomic E-state index is 13.5. The number of rotatable bonds is 6. The average Bonchev–Trinajstić information content (AvgIpc) is 3.05. The topological polar surface area (TPSA) is 73.3 Å². The van der Waals surface area contributed by atoms with Gasteiger partial charge < -0.3 is 14.7 Å². The first kappa shape index (κ1) is 21.0. The van der Waals surface area contributed by atoms with E-state index in [-0.39, 0.29) is 12.2 Å². The van der Waals surface area contributed by atoms with Gasteiger partial charge in [-0.2, -0.15) is 0 Å². The zero-order chi connectivity index (χ0) is 22.0. The lowest BCUT2D eigenvalue weighted by Crippen LogP contribution is -2.48. The Bertz CT molecular complexity index is 996. The Kier molecular flexibility index (Phi) is 6.01. The first-order chi connectivity index (χ1) is 15.0. The zero-order valence-electron chi connectivity index (χ0n) is 17.3. The number of hydrogen-bond acceptors (Lipinski definition) is 6. The summed E-state index contributed by atoms with van der Waals surface area (Å²) in [4.78, 5) is 32.1. The van der Waals surface area contributed by atoms with E-state index >= 15 is 0 Å². The molecule has 1 saturated heterocycles. The molecule has 31 heavy (non-hydrogen) atoms. The van der Waals surface area contributed by atoms with Crippen LogP contribution in [-0.4, -0.2) is 73.2 Å². The Labute approximate surface area is 179 Å². The van der Waals surface area contributed by atoms with Crippen molar-refractivity contribution in [3.05, 3.63) is 65.6 Å². The van der Waals surface area contributed by atoms with E-state index in [9.17, 15) is 19.1 Å². The number of imide groups is 1. The third-order valence-corrected chi connectivity index (χ3v) is 5.63. The van der Waals surface area contributed by atoms with Gasteiger partial charge in [0.2, 0.25) is 0 Å². The lowest BCUT2D eigenvalue weighted by molar-refractivity contribution is -0.120. The van der Waals surface area contributed by atoms with Gasteiger partial charge in [-0.3, -0.25) is 14.5 Å². The number of nitrogens with zero attached hydrogens (tertiary/aromatic N) is 3. The molecule has 1 fully saturated rings. The molecule has 0 bridgehead atoms. The van der Waals surface area contributed by atoms with Crippen LogP contribution in [0.15, 0.2) is 54.2 Å². The van der Waals surface area contributed by atoms with E-state index in [1.807, 2.05) is 4.90 Å². The van der Waals surface area contributed by atoms with Gasteiger partial charge in [0.05, 0.1) is 25.0 Å². The largest absolute Gasteiger partial charge is 0.497 e. The van der Waals surface area contributed by atoms with Crippen molar-refractivity contribution < 1.29 is 23.8 Å². The maximum Gasteiger partial charge on any atom is 0.282 e. The van der Waals surface area contributed by atoms with Crippen LogP contribution in [0.2, 0.25) is 0 Å². The lowest BCUT2D eigenvalue weighted by atomic mass is 10.0. The van der Waals surface area contributed by atoms with Crippen molar-refractivity contribution in [3.8, 4) is 5.75 Å². The molecule has 1 N–H and O–H groups in total. The van der Waals surface area contributed by atoms with Crippen LogP contribution in [-0.2, 0) is 9.59 Å². The molecule has 8 heteroatoms. The third-order valence-electron chi connectivity index (χ3n) is 5.63. The zero-order valence-corrected chi connectivity index (χ0v) is 17.3. The molecule has 0 aliphatic carbocycles. The number of piperazine rings is 1. The van der Waals surface area contributed by atoms with Gasteiger partial charge in [0, 0.05) is 32.7 Å². The highest BCUT2D eigenvalue weighted by atomic mass is 19.1. The molecule has 0 atom stereocenters. The monoisotopic (exact) mass is 425 g/mol. The summed E-state index contributed by atoms with van der Waals surface area (Å²) in [6, 6.07) is 12.3. The fourth-order valence-electron chi connectivity index (χ4n) is 3.99. The molecule has 162 valence electrons. The molecule has 7 nitrogen and oxygen atoms in total. The van der Waals surface area contributed by atoms with Crippen molar-refractivity contribution in [2.45, 2.75) is 0 Å². The normalized spacial score (nSPS) is 17.6. The Balaban J connectivity index is 1.71. The number of aliphatic hydroxyl groups excluding tert-OH is 1.